The van der Waals surface area contributed by atoms with Crippen molar-refractivity contribution in [1.29, 1.82) is 0 Å². The van der Waals surface area contributed by atoms with Crippen molar-refractivity contribution < 1.29 is 4.79 Å². The van der Waals surface area contributed by atoms with E-state index < -0.39 is 0 Å². The van der Waals surface area contributed by atoms with E-state index in [-0.39, 0.29) is 6.03 Å². The predicted octanol–water partition coefficient (Wildman–Crippen LogP) is 2.15. The maximum atomic E-state index is 12.1. The summed E-state index contributed by atoms with van der Waals surface area (Å²) in [4.78, 5) is 14.0. The fraction of sp³-hybridized carbons (Fsp3) is 0.500. The topological polar surface area (TPSA) is 44.4 Å². The lowest BCUT2D eigenvalue weighted by molar-refractivity contribution is 0.163. The number of amides is 2. The zero-order valence-corrected chi connectivity index (χ0v) is 11.0. The van der Waals surface area contributed by atoms with E-state index in [0.29, 0.717) is 12.0 Å². The number of hydrogen-bond donors (Lipinski definition) is 2. The van der Waals surface area contributed by atoms with Gasteiger partial charge in [-0.2, -0.15) is 0 Å². The number of piperidine rings is 1. The SMILES string of the molecule is CNC1CCN(C(=O)Nc2ccccc2)CC1C. The Balaban J connectivity index is 1.91. The first-order valence-electron chi connectivity index (χ1n) is 6.49. The van der Waals surface area contributed by atoms with E-state index in [4.69, 9.17) is 0 Å². The van der Waals surface area contributed by atoms with Crippen LogP contribution in [0.1, 0.15) is 13.3 Å². The van der Waals surface area contributed by atoms with Gasteiger partial charge in [-0.25, -0.2) is 4.79 Å². The van der Waals surface area contributed by atoms with Crippen molar-refractivity contribution in [1.82, 2.24) is 10.2 Å². The quantitative estimate of drug-likeness (QED) is 0.841. The molecule has 98 valence electrons. The smallest absolute Gasteiger partial charge is 0.321 e. The molecule has 0 saturated carbocycles. The molecule has 2 atom stereocenters. The van der Waals surface area contributed by atoms with Crippen molar-refractivity contribution in [3.05, 3.63) is 30.3 Å². The second-order valence-electron chi connectivity index (χ2n) is 4.90. The van der Waals surface area contributed by atoms with Crippen molar-refractivity contribution in [2.75, 3.05) is 25.5 Å². The van der Waals surface area contributed by atoms with E-state index in [9.17, 15) is 4.79 Å². The molecule has 0 bridgehead atoms. The van der Waals surface area contributed by atoms with Crippen molar-refractivity contribution in [2.45, 2.75) is 19.4 Å². The molecular formula is C14H21N3O. The largest absolute Gasteiger partial charge is 0.324 e. The number of rotatable bonds is 2. The first kappa shape index (κ1) is 12.9. The molecule has 2 rings (SSSR count). The molecule has 0 aliphatic carbocycles. The monoisotopic (exact) mass is 247 g/mol. The highest BCUT2D eigenvalue weighted by Gasteiger charge is 2.27. The Labute approximate surface area is 108 Å². The number of anilines is 1. The zero-order chi connectivity index (χ0) is 13.0. The standard InChI is InChI=1S/C14H21N3O/c1-11-10-17(9-8-13(11)15-2)14(18)16-12-6-4-3-5-7-12/h3-7,11,13,15H,8-10H2,1-2H3,(H,16,18). The number of benzene rings is 1. The van der Waals surface area contributed by atoms with Gasteiger partial charge >= 0.3 is 6.03 Å². The highest BCUT2D eigenvalue weighted by molar-refractivity contribution is 5.89. The molecule has 2 unspecified atom stereocenters. The van der Waals surface area contributed by atoms with Crippen LogP contribution in [0.4, 0.5) is 10.5 Å². The Hall–Kier alpha value is -1.55. The van der Waals surface area contributed by atoms with Crippen molar-refractivity contribution in [3.63, 3.8) is 0 Å². The van der Waals surface area contributed by atoms with Gasteiger partial charge in [0.2, 0.25) is 0 Å². The van der Waals surface area contributed by atoms with Crippen LogP contribution in [0.15, 0.2) is 30.3 Å². The van der Waals surface area contributed by atoms with E-state index in [1.54, 1.807) is 0 Å². The summed E-state index contributed by atoms with van der Waals surface area (Å²) >= 11 is 0. The molecule has 1 aromatic rings. The number of carbonyl (C=O) groups excluding carboxylic acids is 1. The summed E-state index contributed by atoms with van der Waals surface area (Å²) in [6.45, 7) is 3.81. The fourth-order valence-corrected chi connectivity index (χ4v) is 2.48. The minimum Gasteiger partial charge on any atom is -0.324 e. The van der Waals surface area contributed by atoms with E-state index in [2.05, 4.69) is 17.6 Å². The summed E-state index contributed by atoms with van der Waals surface area (Å²) in [5.74, 6) is 0.491. The number of carbonyl (C=O) groups is 1. The molecule has 1 aliphatic rings. The van der Waals surface area contributed by atoms with Crippen LogP contribution in [0.2, 0.25) is 0 Å². The van der Waals surface area contributed by atoms with Gasteiger partial charge in [0.15, 0.2) is 0 Å². The number of nitrogens with one attached hydrogen (secondary N) is 2. The van der Waals surface area contributed by atoms with Crippen LogP contribution in [-0.4, -0.2) is 37.1 Å². The molecule has 1 saturated heterocycles. The van der Waals surface area contributed by atoms with Gasteiger partial charge in [-0.1, -0.05) is 25.1 Å². The van der Waals surface area contributed by atoms with Gasteiger partial charge < -0.3 is 15.5 Å². The molecule has 0 radical (unpaired) electrons. The average molecular weight is 247 g/mol. The van der Waals surface area contributed by atoms with Crippen LogP contribution in [0.5, 0.6) is 0 Å². The molecule has 0 spiro atoms. The Bertz CT molecular complexity index is 393. The van der Waals surface area contributed by atoms with Crippen LogP contribution < -0.4 is 10.6 Å². The van der Waals surface area contributed by atoms with Crippen LogP contribution in [0, 0.1) is 5.92 Å². The third kappa shape index (κ3) is 3.01. The van der Waals surface area contributed by atoms with Gasteiger partial charge in [0.25, 0.3) is 0 Å². The summed E-state index contributed by atoms with van der Waals surface area (Å²) < 4.78 is 0. The molecule has 2 N–H and O–H groups in total. The Kier molecular flexibility index (Phi) is 4.20. The summed E-state index contributed by atoms with van der Waals surface area (Å²) in [6.07, 6.45) is 1.01. The molecule has 1 heterocycles. The average Bonchev–Trinajstić information content (AvgIpc) is 2.39. The Morgan fingerprint density at radius 2 is 2.06 bits per heavy atom. The molecule has 4 heteroatoms. The summed E-state index contributed by atoms with van der Waals surface area (Å²) in [6, 6.07) is 10.1. The number of nitrogens with zero attached hydrogens (tertiary/aromatic N) is 1. The van der Waals surface area contributed by atoms with Gasteiger partial charge in [-0.15, -0.1) is 0 Å². The highest BCUT2D eigenvalue weighted by Crippen LogP contribution is 2.17. The minimum absolute atomic E-state index is 0.00241. The third-order valence-corrected chi connectivity index (χ3v) is 3.59. The van der Waals surface area contributed by atoms with Crippen molar-refractivity contribution in [2.24, 2.45) is 5.92 Å². The van der Waals surface area contributed by atoms with E-state index >= 15 is 0 Å². The number of urea groups is 1. The summed E-state index contributed by atoms with van der Waals surface area (Å²) in [5.41, 5.74) is 0.853. The molecule has 2 amide bonds. The molecule has 1 fully saturated rings. The zero-order valence-electron chi connectivity index (χ0n) is 11.0. The molecule has 1 aliphatic heterocycles. The Morgan fingerprint density at radius 1 is 1.33 bits per heavy atom. The minimum atomic E-state index is 0.00241. The van der Waals surface area contributed by atoms with Gasteiger partial charge in [-0.3, -0.25) is 0 Å². The lowest BCUT2D eigenvalue weighted by Crippen LogP contribution is -2.50. The first-order chi connectivity index (χ1) is 8.70. The first-order valence-corrected chi connectivity index (χ1v) is 6.49. The molecular weight excluding hydrogens is 226 g/mol. The fourth-order valence-electron chi connectivity index (χ4n) is 2.48. The van der Waals surface area contributed by atoms with Crippen LogP contribution >= 0.6 is 0 Å². The van der Waals surface area contributed by atoms with Gasteiger partial charge in [0, 0.05) is 24.8 Å². The van der Waals surface area contributed by atoms with Gasteiger partial charge in [-0.05, 0) is 31.5 Å². The second kappa shape index (κ2) is 5.87. The summed E-state index contributed by atoms with van der Waals surface area (Å²) in [5, 5.41) is 6.24. The molecule has 0 aromatic heterocycles. The maximum absolute atomic E-state index is 12.1. The molecule has 1 aromatic carbocycles. The maximum Gasteiger partial charge on any atom is 0.321 e. The number of para-hydroxylation sites is 1. The lowest BCUT2D eigenvalue weighted by Gasteiger charge is -2.36. The number of hydrogen-bond acceptors (Lipinski definition) is 2. The van der Waals surface area contributed by atoms with Crippen molar-refractivity contribution in [3.8, 4) is 0 Å². The third-order valence-electron chi connectivity index (χ3n) is 3.59. The normalized spacial score (nSPS) is 23.8. The number of likely N-dealkylation sites (tertiary alicyclic amines) is 1. The summed E-state index contributed by atoms with van der Waals surface area (Å²) in [7, 11) is 1.99. The van der Waals surface area contributed by atoms with Crippen LogP contribution in [-0.2, 0) is 0 Å². The van der Waals surface area contributed by atoms with Crippen LogP contribution in [0.25, 0.3) is 0 Å². The Morgan fingerprint density at radius 3 is 2.67 bits per heavy atom. The van der Waals surface area contributed by atoms with Gasteiger partial charge in [0.1, 0.15) is 0 Å². The van der Waals surface area contributed by atoms with Crippen LogP contribution in [0.3, 0.4) is 0 Å². The van der Waals surface area contributed by atoms with E-state index in [1.807, 2.05) is 42.3 Å². The molecule has 18 heavy (non-hydrogen) atoms. The van der Waals surface area contributed by atoms with Gasteiger partial charge in [0.05, 0.1) is 0 Å². The van der Waals surface area contributed by atoms with E-state index in [1.165, 1.54) is 0 Å². The molecule has 4 nitrogen and oxygen atoms in total. The van der Waals surface area contributed by atoms with Crippen molar-refractivity contribution >= 4 is 11.7 Å². The second-order valence-corrected chi connectivity index (χ2v) is 4.90. The van der Waals surface area contributed by atoms with E-state index in [0.717, 1.165) is 25.2 Å². The highest BCUT2D eigenvalue weighted by atomic mass is 16.2. The lowest BCUT2D eigenvalue weighted by atomic mass is 9.94. The predicted molar refractivity (Wildman–Crippen MR) is 73.7 cm³/mol.